The Balaban J connectivity index is 2.28. The molecule has 1 saturated carbocycles. The average molecular weight is 290 g/mol. The molecule has 0 unspecified atom stereocenters. The van der Waals surface area contributed by atoms with E-state index in [1.165, 1.54) is 6.07 Å². The molecule has 5 nitrogen and oxygen atoms in total. The molecule has 1 amide bonds. The third-order valence-corrected chi connectivity index (χ3v) is 6.36. The van der Waals surface area contributed by atoms with E-state index in [0.29, 0.717) is 23.7 Å². The lowest BCUT2D eigenvalue weighted by Gasteiger charge is -2.14. The van der Waals surface area contributed by atoms with Crippen LogP contribution in [0.25, 0.3) is 10.9 Å². The normalized spacial score (nSPS) is 17.1. The Morgan fingerprint density at radius 1 is 1.25 bits per heavy atom. The Labute approximate surface area is 116 Å². The topological polar surface area (TPSA) is 90.1 Å². The van der Waals surface area contributed by atoms with Crippen molar-refractivity contribution in [1.82, 2.24) is 4.98 Å². The molecule has 2 aromatic rings. The molecule has 3 rings (SSSR count). The number of amides is 1. The predicted molar refractivity (Wildman–Crippen MR) is 74.8 cm³/mol. The second kappa shape index (κ2) is 4.02. The van der Waals surface area contributed by atoms with E-state index in [9.17, 15) is 13.2 Å². The number of rotatable bonds is 3. The maximum atomic E-state index is 12.7. The monoisotopic (exact) mass is 290 g/mol. The average Bonchev–Trinajstić information content (AvgIpc) is 3.19. The van der Waals surface area contributed by atoms with Gasteiger partial charge < -0.3 is 5.73 Å². The van der Waals surface area contributed by atoms with E-state index in [4.69, 9.17) is 5.73 Å². The number of hydrogen-bond donors (Lipinski definition) is 1. The lowest BCUT2D eigenvalue weighted by atomic mass is 10.2. The highest BCUT2D eigenvalue weighted by molar-refractivity contribution is 7.94. The van der Waals surface area contributed by atoms with Crippen LogP contribution in [0.5, 0.6) is 0 Å². The number of fused-ring (bicyclic) bond motifs is 1. The number of hydrogen-bond acceptors (Lipinski definition) is 4. The van der Waals surface area contributed by atoms with Crippen LogP contribution < -0.4 is 5.73 Å². The highest BCUT2D eigenvalue weighted by Gasteiger charge is 2.60. The molecule has 0 atom stereocenters. The summed E-state index contributed by atoms with van der Waals surface area (Å²) in [6.45, 7) is 1.84. The quantitative estimate of drug-likeness (QED) is 0.923. The van der Waals surface area contributed by atoms with Gasteiger partial charge in [-0.1, -0.05) is 6.07 Å². The summed E-state index contributed by atoms with van der Waals surface area (Å²) < 4.78 is 24.0. The number of aryl methyl sites for hydroxylation is 1. The van der Waals surface area contributed by atoms with Crippen molar-refractivity contribution in [3.05, 3.63) is 36.0 Å². The molecule has 0 aliphatic heterocycles. The lowest BCUT2D eigenvalue weighted by Crippen LogP contribution is -2.38. The summed E-state index contributed by atoms with van der Waals surface area (Å²) in [5, 5.41) is 0.533. The molecule has 1 fully saturated rings. The van der Waals surface area contributed by atoms with E-state index in [1.807, 2.05) is 6.92 Å². The van der Waals surface area contributed by atoms with Crippen molar-refractivity contribution in [3.8, 4) is 0 Å². The van der Waals surface area contributed by atoms with Crippen LogP contribution in [0.1, 0.15) is 18.5 Å². The largest absolute Gasteiger partial charge is 0.368 e. The van der Waals surface area contributed by atoms with Gasteiger partial charge in [-0.15, -0.1) is 0 Å². The van der Waals surface area contributed by atoms with Gasteiger partial charge in [0.15, 0.2) is 14.6 Å². The van der Waals surface area contributed by atoms with Crippen LogP contribution in [0.15, 0.2) is 35.2 Å². The molecule has 6 heteroatoms. The maximum absolute atomic E-state index is 12.7. The van der Waals surface area contributed by atoms with Crippen LogP contribution >= 0.6 is 0 Å². The number of nitrogens with zero attached hydrogens (tertiary/aromatic N) is 1. The summed E-state index contributed by atoms with van der Waals surface area (Å²) in [4.78, 5) is 16.0. The number of carbonyl (C=O) groups is 1. The summed E-state index contributed by atoms with van der Waals surface area (Å²) in [5.41, 5.74) is 6.70. The molecular formula is C14H14N2O3S. The van der Waals surface area contributed by atoms with Crippen molar-refractivity contribution in [2.24, 2.45) is 5.73 Å². The minimum absolute atomic E-state index is 0.138. The van der Waals surface area contributed by atoms with E-state index < -0.39 is 20.5 Å². The smallest absolute Gasteiger partial charge is 0.239 e. The molecule has 0 bridgehead atoms. The number of pyridine rings is 1. The number of primary amides is 1. The van der Waals surface area contributed by atoms with Gasteiger partial charge in [-0.05, 0) is 44.0 Å². The minimum Gasteiger partial charge on any atom is -0.368 e. The van der Waals surface area contributed by atoms with Gasteiger partial charge in [-0.25, -0.2) is 8.42 Å². The maximum Gasteiger partial charge on any atom is 0.239 e. The Bertz CT molecular complexity index is 823. The Morgan fingerprint density at radius 2 is 1.95 bits per heavy atom. The molecular weight excluding hydrogens is 276 g/mol. The van der Waals surface area contributed by atoms with Gasteiger partial charge in [0.1, 0.15) is 0 Å². The third-order valence-electron chi connectivity index (χ3n) is 3.79. The molecule has 0 radical (unpaired) electrons. The van der Waals surface area contributed by atoms with Gasteiger partial charge in [-0.3, -0.25) is 9.78 Å². The number of benzene rings is 1. The van der Waals surface area contributed by atoms with Gasteiger partial charge in [0.25, 0.3) is 0 Å². The predicted octanol–water partition coefficient (Wildman–Crippen LogP) is 1.33. The van der Waals surface area contributed by atoms with Crippen molar-refractivity contribution in [2.45, 2.75) is 29.4 Å². The Morgan fingerprint density at radius 3 is 2.55 bits per heavy atom. The molecule has 1 aliphatic rings. The highest BCUT2D eigenvalue weighted by atomic mass is 32.2. The SMILES string of the molecule is Cc1ccc2c(S(=O)(=O)C3(C(N)=O)CC3)cccc2n1. The zero-order valence-electron chi connectivity index (χ0n) is 11.0. The van der Waals surface area contributed by atoms with Crippen molar-refractivity contribution in [2.75, 3.05) is 0 Å². The van der Waals surface area contributed by atoms with Crippen molar-refractivity contribution >= 4 is 26.6 Å². The van der Waals surface area contributed by atoms with E-state index in [0.717, 1.165) is 5.69 Å². The first-order chi connectivity index (χ1) is 9.38. The first kappa shape index (κ1) is 13.1. The summed E-state index contributed by atoms with van der Waals surface area (Å²) in [6.07, 6.45) is 0.584. The van der Waals surface area contributed by atoms with Crippen LogP contribution in [0, 0.1) is 6.92 Å². The van der Waals surface area contributed by atoms with Crippen molar-refractivity contribution in [1.29, 1.82) is 0 Å². The van der Waals surface area contributed by atoms with Crippen LogP contribution in [-0.4, -0.2) is 24.1 Å². The number of carbonyl (C=O) groups excluding carboxylic acids is 1. The first-order valence-corrected chi connectivity index (χ1v) is 7.78. The van der Waals surface area contributed by atoms with Crippen LogP contribution in [0.2, 0.25) is 0 Å². The van der Waals surface area contributed by atoms with Gasteiger partial charge in [0.2, 0.25) is 5.91 Å². The molecule has 2 N–H and O–H groups in total. The first-order valence-electron chi connectivity index (χ1n) is 6.29. The van der Waals surface area contributed by atoms with Crippen molar-refractivity contribution < 1.29 is 13.2 Å². The van der Waals surface area contributed by atoms with Crippen LogP contribution in [0.4, 0.5) is 0 Å². The molecule has 0 spiro atoms. The zero-order valence-corrected chi connectivity index (χ0v) is 11.8. The lowest BCUT2D eigenvalue weighted by molar-refractivity contribution is -0.118. The van der Waals surface area contributed by atoms with Crippen LogP contribution in [-0.2, 0) is 14.6 Å². The molecule has 1 aliphatic carbocycles. The fraction of sp³-hybridized carbons (Fsp3) is 0.286. The summed E-state index contributed by atoms with van der Waals surface area (Å²) >= 11 is 0. The van der Waals surface area contributed by atoms with Gasteiger partial charge in [0, 0.05) is 11.1 Å². The van der Waals surface area contributed by atoms with E-state index in [2.05, 4.69) is 4.98 Å². The Kier molecular flexibility index (Phi) is 2.62. The van der Waals surface area contributed by atoms with E-state index >= 15 is 0 Å². The summed E-state index contributed by atoms with van der Waals surface area (Å²) in [7, 11) is -3.78. The zero-order chi connectivity index (χ0) is 14.5. The highest BCUT2D eigenvalue weighted by Crippen LogP contribution is 2.47. The second-order valence-corrected chi connectivity index (χ2v) is 7.37. The number of aromatic nitrogens is 1. The van der Waals surface area contributed by atoms with E-state index in [-0.39, 0.29) is 4.90 Å². The van der Waals surface area contributed by atoms with Gasteiger partial charge in [0.05, 0.1) is 10.4 Å². The molecule has 104 valence electrons. The second-order valence-electron chi connectivity index (χ2n) is 5.14. The Hall–Kier alpha value is -1.95. The molecule has 1 heterocycles. The molecule has 1 aromatic carbocycles. The molecule has 0 saturated heterocycles. The van der Waals surface area contributed by atoms with Crippen molar-refractivity contribution in [3.63, 3.8) is 0 Å². The fourth-order valence-corrected chi connectivity index (χ4v) is 4.48. The molecule has 1 aromatic heterocycles. The van der Waals surface area contributed by atoms with Gasteiger partial charge in [-0.2, -0.15) is 0 Å². The summed E-state index contributed by atoms with van der Waals surface area (Å²) in [5.74, 6) is -0.769. The number of nitrogens with two attached hydrogens (primary N) is 1. The van der Waals surface area contributed by atoms with E-state index in [1.54, 1.807) is 24.3 Å². The summed E-state index contributed by atoms with van der Waals surface area (Å²) in [6, 6.07) is 8.38. The van der Waals surface area contributed by atoms with Gasteiger partial charge >= 0.3 is 0 Å². The third kappa shape index (κ3) is 1.64. The number of sulfone groups is 1. The minimum atomic E-state index is -3.78. The van der Waals surface area contributed by atoms with Crippen LogP contribution in [0.3, 0.4) is 0 Å². The fourth-order valence-electron chi connectivity index (χ4n) is 2.43. The molecule has 20 heavy (non-hydrogen) atoms. The standard InChI is InChI=1S/C14H14N2O3S/c1-9-5-6-10-11(16-9)3-2-4-12(10)20(18,19)14(7-8-14)13(15)17/h2-6H,7-8H2,1H3,(H2,15,17).